The highest BCUT2D eigenvalue weighted by Crippen LogP contribution is 2.15. The summed E-state index contributed by atoms with van der Waals surface area (Å²) in [5, 5.41) is 0. The van der Waals surface area contributed by atoms with Crippen molar-refractivity contribution in [3.63, 3.8) is 0 Å². The number of nitrogens with zero attached hydrogens (tertiary/aromatic N) is 1. The van der Waals surface area contributed by atoms with Gasteiger partial charge in [-0.2, -0.15) is 0 Å². The standard InChI is InChI=1S/C7H12ClN/c1-9-6-2-3-7(9)4-5-8/h3H,2,4-6H2,1H3. The summed E-state index contributed by atoms with van der Waals surface area (Å²) in [6, 6.07) is 0. The fourth-order valence-electron chi connectivity index (χ4n) is 1.11. The molecule has 0 aliphatic carbocycles. The van der Waals surface area contributed by atoms with E-state index in [-0.39, 0.29) is 0 Å². The van der Waals surface area contributed by atoms with E-state index in [2.05, 4.69) is 18.0 Å². The Morgan fingerprint density at radius 3 is 3.00 bits per heavy atom. The summed E-state index contributed by atoms with van der Waals surface area (Å²) < 4.78 is 0. The average Bonchev–Trinajstić information content (AvgIpc) is 2.18. The highest BCUT2D eigenvalue weighted by atomic mass is 35.5. The summed E-state index contributed by atoms with van der Waals surface area (Å²) in [6.07, 6.45) is 4.49. The first-order valence-corrected chi connectivity index (χ1v) is 3.84. The van der Waals surface area contributed by atoms with Gasteiger partial charge in [-0.05, 0) is 6.42 Å². The molecule has 0 radical (unpaired) electrons. The molecular formula is C7H12ClN. The molecule has 9 heavy (non-hydrogen) atoms. The Labute approximate surface area is 61.3 Å². The normalized spacial score (nSPS) is 18.4. The van der Waals surface area contributed by atoms with Crippen molar-refractivity contribution in [2.75, 3.05) is 19.5 Å². The molecule has 0 atom stereocenters. The predicted molar refractivity (Wildman–Crippen MR) is 40.7 cm³/mol. The first kappa shape index (κ1) is 6.94. The van der Waals surface area contributed by atoms with Crippen molar-refractivity contribution < 1.29 is 0 Å². The van der Waals surface area contributed by atoms with Gasteiger partial charge in [0.15, 0.2) is 0 Å². The highest BCUT2D eigenvalue weighted by molar-refractivity contribution is 6.17. The Balaban J connectivity index is 2.38. The second-order valence-corrected chi connectivity index (χ2v) is 2.72. The van der Waals surface area contributed by atoms with E-state index >= 15 is 0 Å². The molecule has 0 unspecified atom stereocenters. The Kier molecular flexibility index (Phi) is 2.40. The van der Waals surface area contributed by atoms with Crippen LogP contribution in [-0.4, -0.2) is 24.4 Å². The zero-order valence-corrected chi connectivity index (χ0v) is 6.49. The lowest BCUT2D eigenvalue weighted by atomic mass is 10.3. The summed E-state index contributed by atoms with van der Waals surface area (Å²) in [7, 11) is 2.12. The average molecular weight is 146 g/mol. The minimum absolute atomic E-state index is 0.746. The van der Waals surface area contributed by atoms with Crippen LogP contribution in [0.2, 0.25) is 0 Å². The summed E-state index contributed by atoms with van der Waals surface area (Å²) in [5.41, 5.74) is 1.41. The molecule has 1 rings (SSSR count). The van der Waals surface area contributed by atoms with Gasteiger partial charge in [-0.25, -0.2) is 0 Å². The summed E-state index contributed by atoms with van der Waals surface area (Å²) in [5.74, 6) is 0.746. The van der Waals surface area contributed by atoms with E-state index in [0.717, 1.165) is 12.3 Å². The van der Waals surface area contributed by atoms with Crippen molar-refractivity contribution in [2.24, 2.45) is 0 Å². The molecule has 0 amide bonds. The largest absolute Gasteiger partial charge is 0.378 e. The molecule has 0 bridgehead atoms. The van der Waals surface area contributed by atoms with E-state index in [1.807, 2.05) is 0 Å². The van der Waals surface area contributed by atoms with Crippen LogP contribution in [0, 0.1) is 0 Å². The number of rotatable bonds is 2. The van der Waals surface area contributed by atoms with Crippen LogP contribution in [0.15, 0.2) is 11.8 Å². The molecule has 0 aromatic carbocycles. The van der Waals surface area contributed by atoms with Crippen LogP contribution >= 0.6 is 11.6 Å². The van der Waals surface area contributed by atoms with E-state index < -0.39 is 0 Å². The summed E-state index contributed by atoms with van der Waals surface area (Å²) in [4.78, 5) is 2.27. The van der Waals surface area contributed by atoms with Crippen LogP contribution in [-0.2, 0) is 0 Å². The maximum absolute atomic E-state index is 5.58. The van der Waals surface area contributed by atoms with Crippen molar-refractivity contribution in [2.45, 2.75) is 12.8 Å². The van der Waals surface area contributed by atoms with Crippen LogP contribution in [0.5, 0.6) is 0 Å². The van der Waals surface area contributed by atoms with Gasteiger partial charge in [0, 0.05) is 31.6 Å². The van der Waals surface area contributed by atoms with Gasteiger partial charge < -0.3 is 4.90 Å². The molecule has 1 nitrogen and oxygen atoms in total. The Bertz CT molecular complexity index is 120. The lowest BCUT2D eigenvalue weighted by Gasteiger charge is -2.14. The van der Waals surface area contributed by atoms with E-state index in [0.29, 0.717) is 0 Å². The molecule has 0 aromatic rings. The first-order chi connectivity index (χ1) is 4.34. The minimum atomic E-state index is 0.746. The Morgan fingerprint density at radius 2 is 2.56 bits per heavy atom. The third-order valence-corrected chi connectivity index (χ3v) is 1.87. The van der Waals surface area contributed by atoms with E-state index in [9.17, 15) is 0 Å². The van der Waals surface area contributed by atoms with Gasteiger partial charge in [-0.1, -0.05) is 6.08 Å². The number of hydrogen-bond acceptors (Lipinski definition) is 1. The molecule has 0 saturated heterocycles. The predicted octanol–water partition coefficient (Wildman–Crippen LogP) is 1.83. The van der Waals surface area contributed by atoms with Crippen molar-refractivity contribution in [3.8, 4) is 0 Å². The minimum Gasteiger partial charge on any atom is -0.378 e. The number of allylic oxidation sites excluding steroid dienone is 1. The number of hydrogen-bond donors (Lipinski definition) is 0. The zero-order valence-electron chi connectivity index (χ0n) is 5.73. The van der Waals surface area contributed by atoms with Crippen LogP contribution < -0.4 is 0 Å². The van der Waals surface area contributed by atoms with E-state index in [1.54, 1.807) is 0 Å². The van der Waals surface area contributed by atoms with Crippen LogP contribution in [0.25, 0.3) is 0 Å². The fraction of sp³-hybridized carbons (Fsp3) is 0.714. The van der Waals surface area contributed by atoms with Gasteiger partial charge in [0.1, 0.15) is 0 Å². The van der Waals surface area contributed by atoms with Gasteiger partial charge in [0.2, 0.25) is 0 Å². The summed E-state index contributed by atoms with van der Waals surface area (Å²) in [6.45, 7) is 1.17. The molecule has 0 spiro atoms. The van der Waals surface area contributed by atoms with Gasteiger partial charge >= 0.3 is 0 Å². The van der Waals surface area contributed by atoms with Gasteiger partial charge in [-0.15, -0.1) is 11.6 Å². The molecule has 1 heterocycles. The third kappa shape index (κ3) is 1.62. The first-order valence-electron chi connectivity index (χ1n) is 3.30. The number of halogens is 1. The van der Waals surface area contributed by atoms with Crippen LogP contribution in [0.4, 0.5) is 0 Å². The zero-order chi connectivity index (χ0) is 6.69. The molecule has 0 saturated carbocycles. The molecule has 52 valence electrons. The van der Waals surface area contributed by atoms with E-state index in [4.69, 9.17) is 11.6 Å². The molecule has 1 aliphatic rings. The summed E-state index contributed by atoms with van der Waals surface area (Å²) >= 11 is 5.58. The highest BCUT2D eigenvalue weighted by Gasteiger charge is 2.07. The lowest BCUT2D eigenvalue weighted by molar-refractivity contribution is 0.447. The van der Waals surface area contributed by atoms with Crippen molar-refractivity contribution in [1.82, 2.24) is 4.90 Å². The smallest absolute Gasteiger partial charge is 0.0277 e. The quantitative estimate of drug-likeness (QED) is 0.536. The fourth-order valence-corrected chi connectivity index (χ4v) is 1.31. The Hall–Kier alpha value is -0.170. The molecule has 0 N–H and O–H groups in total. The molecule has 0 fully saturated rings. The number of alkyl halides is 1. The van der Waals surface area contributed by atoms with Gasteiger partial charge in [-0.3, -0.25) is 0 Å². The Morgan fingerprint density at radius 1 is 1.78 bits per heavy atom. The van der Waals surface area contributed by atoms with Crippen molar-refractivity contribution >= 4 is 11.6 Å². The second-order valence-electron chi connectivity index (χ2n) is 2.34. The molecular weight excluding hydrogens is 134 g/mol. The second kappa shape index (κ2) is 3.11. The van der Waals surface area contributed by atoms with Crippen LogP contribution in [0.1, 0.15) is 12.8 Å². The molecule has 1 aliphatic heterocycles. The third-order valence-electron chi connectivity index (χ3n) is 1.69. The topological polar surface area (TPSA) is 3.24 Å². The van der Waals surface area contributed by atoms with Crippen molar-refractivity contribution in [1.29, 1.82) is 0 Å². The SMILES string of the molecule is CN1CCC=C1CCCl. The van der Waals surface area contributed by atoms with Crippen LogP contribution in [0.3, 0.4) is 0 Å². The van der Waals surface area contributed by atoms with Gasteiger partial charge in [0.05, 0.1) is 0 Å². The maximum Gasteiger partial charge on any atom is 0.0277 e. The monoisotopic (exact) mass is 145 g/mol. The molecule has 2 heteroatoms. The lowest BCUT2D eigenvalue weighted by Crippen LogP contribution is -2.12. The van der Waals surface area contributed by atoms with E-state index in [1.165, 1.54) is 18.7 Å². The molecule has 0 aromatic heterocycles. The van der Waals surface area contributed by atoms with Gasteiger partial charge in [0.25, 0.3) is 0 Å². The maximum atomic E-state index is 5.58. The van der Waals surface area contributed by atoms with Crippen molar-refractivity contribution in [3.05, 3.63) is 11.8 Å².